The minimum atomic E-state index is -0.695. The largest absolute Gasteiger partial charge is 0.505 e. The van der Waals surface area contributed by atoms with E-state index in [1.165, 1.54) is 36.6 Å². The highest BCUT2D eigenvalue weighted by Gasteiger charge is 2.18. The van der Waals surface area contributed by atoms with Gasteiger partial charge in [0.05, 0.1) is 19.9 Å². The Labute approximate surface area is 159 Å². The molecule has 2 N–H and O–H groups in total. The zero-order chi connectivity index (χ0) is 19.4. The molecule has 2 aromatic carbocycles. The maximum Gasteiger partial charge on any atom is 0.341 e. The van der Waals surface area contributed by atoms with Gasteiger partial charge >= 0.3 is 5.97 Å². The molecule has 0 unspecified atom stereocenters. The molecule has 0 bridgehead atoms. The van der Waals surface area contributed by atoms with E-state index >= 15 is 0 Å². The Kier molecular flexibility index (Phi) is 5.37. The molecule has 3 aromatic rings. The molecule has 27 heavy (non-hydrogen) atoms. The Hall–Kier alpha value is -3.39. The van der Waals surface area contributed by atoms with E-state index < -0.39 is 11.9 Å². The van der Waals surface area contributed by atoms with Gasteiger partial charge < -0.3 is 19.9 Å². The van der Waals surface area contributed by atoms with Crippen LogP contribution in [0.25, 0.3) is 10.6 Å². The normalized spacial score (nSPS) is 10.3. The Balaban J connectivity index is 1.79. The van der Waals surface area contributed by atoms with Crippen LogP contribution in [-0.4, -0.2) is 36.2 Å². The van der Waals surface area contributed by atoms with Gasteiger partial charge in [-0.05, 0) is 36.4 Å². The average Bonchev–Trinajstić information content (AvgIpc) is 3.19. The molecule has 0 aliphatic carbocycles. The summed E-state index contributed by atoms with van der Waals surface area (Å²) in [7, 11) is 2.80. The van der Waals surface area contributed by atoms with Crippen LogP contribution in [0.1, 0.15) is 20.8 Å². The molecule has 0 saturated carbocycles. The number of rotatable bonds is 5. The molecule has 1 amide bonds. The molecule has 0 atom stereocenters. The Morgan fingerprint density at radius 2 is 1.85 bits per heavy atom. The lowest BCUT2D eigenvalue weighted by molar-refractivity contribution is 0.0597. The van der Waals surface area contributed by atoms with Crippen molar-refractivity contribution in [2.75, 3.05) is 19.5 Å². The van der Waals surface area contributed by atoms with Crippen molar-refractivity contribution in [1.82, 2.24) is 4.98 Å². The number of methoxy groups -OCH3 is 2. The number of benzene rings is 2. The molecule has 1 heterocycles. The number of amides is 1. The fourth-order valence-corrected chi connectivity index (χ4v) is 3.16. The van der Waals surface area contributed by atoms with Gasteiger partial charge in [-0.25, -0.2) is 9.78 Å². The van der Waals surface area contributed by atoms with Crippen LogP contribution in [0.15, 0.2) is 47.8 Å². The van der Waals surface area contributed by atoms with Crippen LogP contribution in [0.3, 0.4) is 0 Å². The summed E-state index contributed by atoms with van der Waals surface area (Å²) in [6.07, 6.45) is 0. The highest BCUT2D eigenvalue weighted by molar-refractivity contribution is 7.13. The fraction of sp³-hybridized carbons (Fsp3) is 0.105. The number of thiazole rings is 1. The van der Waals surface area contributed by atoms with Crippen molar-refractivity contribution in [2.45, 2.75) is 0 Å². The monoisotopic (exact) mass is 384 g/mol. The van der Waals surface area contributed by atoms with E-state index in [9.17, 15) is 14.7 Å². The van der Waals surface area contributed by atoms with Crippen molar-refractivity contribution < 1.29 is 24.2 Å². The predicted octanol–water partition coefficient (Wildman–Crippen LogP) is 3.56. The standard InChI is InChI=1S/C19H16N2O5S/c1-25-12-8-6-11(7-9-12)18-21-15(10-27-18)17(23)20-14-5-3-4-13(16(14)22)19(24)26-2/h3-10,22H,1-2H3,(H,20,23). The molecule has 0 aliphatic rings. The van der Waals surface area contributed by atoms with Crippen molar-refractivity contribution in [2.24, 2.45) is 0 Å². The van der Waals surface area contributed by atoms with Gasteiger partial charge in [0.25, 0.3) is 5.91 Å². The lowest BCUT2D eigenvalue weighted by atomic mass is 10.1. The first-order chi connectivity index (χ1) is 13.0. The van der Waals surface area contributed by atoms with Crippen LogP contribution in [0.4, 0.5) is 5.69 Å². The summed E-state index contributed by atoms with van der Waals surface area (Å²) in [5.74, 6) is -0.820. The second kappa shape index (κ2) is 7.88. The Morgan fingerprint density at radius 3 is 2.52 bits per heavy atom. The lowest BCUT2D eigenvalue weighted by Crippen LogP contribution is -2.13. The molecular weight excluding hydrogens is 368 g/mol. The van der Waals surface area contributed by atoms with E-state index in [1.54, 1.807) is 12.5 Å². The number of phenolic OH excluding ortho intramolecular Hbond substituents is 1. The van der Waals surface area contributed by atoms with Crippen molar-refractivity contribution in [3.05, 3.63) is 59.1 Å². The number of aromatic hydroxyl groups is 1. The molecule has 0 fully saturated rings. The predicted molar refractivity (Wildman–Crippen MR) is 102 cm³/mol. The van der Waals surface area contributed by atoms with E-state index in [1.807, 2.05) is 24.3 Å². The number of nitrogens with one attached hydrogen (secondary N) is 1. The highest BCUT2D eigenvalue weighted by Crippen LogP contribution is 2.29. The van der Waals surface area contributed by atoms with Crippen LogP contribution in [0.5, 0.6) is 11.5 Å². The summed E-state index contributed by atoms with van der Waals surface area (Å²) in [5, 5.41) is 15.0. The first kappa shape index (κ1) is 18.4. The second-order valence-electron chi connectivity index (χ2n) is 5.41. The van der Waals surface area contributed by atoms with Crippen molar-refractivity contribution >= 4 is 28.9 Å². The number of carbonyl (C=O) groups excluding carboxylic acids is 2. The number of hydrogen-bond donors (Lipinski definition) is 2. The quantitative estimate of drug-likeness (QED) is 0.516. The number of para-hydroxylation sites is 1. The van der Waals surface area contributed by atoms with Gasteiger partial charge in [0, 0.05) is 10.9 Å². The fourth-order valence-electron chi connectivity index (χ4n) is 2.35. The first-order valence-electron chi connectivity index (χ1n) is 7.85. The summed E-state index contributed by atoms with van der Waals surface area (Å²) in [5.41, 5.74) is 1.12. The Bertz CT molecular complexity index is 982. The van der Waals surface area contributed by atoms with Crippen LogP contribution < -0.4 is 10.1 Å². The van der Waals surface area contributed by atoms with Gasteiger partial charge in [-0.15, -0.1) is 11.3 Å². The molecule has 138 valence electrons. The third-order valence-electron chi connectivity index (χ3n) is 3.76. The van der Waals surface area contributed by atoms with Crippen LogP contribution in [-0.2, 0) is 4.74 Å². The molecule has 0 radical (unpaired) electrons. The maximum absolute atomic E-state index is 12.4. The minimum Gasteiger partial charge on any atom is -0.505 e. The Morgan fingerprint density at radius 1 is 1.11 bits per heavy atom. The van der Waals surface area contributed by atoms with Gasteiger partial charge in [0.1, 0.15) is 22.0 Å². The van der Waals surface area contributed by atoms with Crippen molar-refractivity contribution in [3.63, 3.8) is 0 Å². The lowest BCUT2D eigenvalue weighted by Gasteiger charge is -2.09. The minimum absolute atomic E-state index is 0.0347. The van der Waals surface area contributed by atoms with E-state index in [0.717, 1.165) is 11.3 Å². The molecule has 0 spiro atoms. The average molecular weight is 384 g/mol. The molecule has 0 aliphatic heterocycles. The molecule has 8 heteroatoms. The van der Waals surface area contributed by atoms with Gasteiger partial charge in [-0.3, -0.25) is 4.79 Å². The number of esters is 1. The van der Waals surface area contributed by atoms with E-state index in [-0.39, 0.29) is 22.7 Å². The number of hydrogen-bond acceptors (Lipinski definition) is 7. The zero-order valence-corrected chi connectivity index (χ0v) is 15.4. The summed E-state index contributed by atoms with van der Waals surface area (Å²) < 4.78 is 9.72. The molecular formula is C19H16N2O5S. The third-order valence-corrected chi connectivity index (χ3v) is 4.65. The number of nitrogens with zero attached hydrogens (tertiary/aromatic N) is 1. The zero-order valence-electron chi connectivity index (χ0n) is 14.6. The van der Waals surface area contributed by atoms with Gasteiger partial charge in [-0.2, -0.15) is 0 Å². The first-order valence-corrected chi connectivity index (χ1v) is 8.73. The van der Waals surface area contributed by atoms with Crippen molar-refractivity contribution in [1.29, 1.82) is 0 Å². The number of anilines is 1. The smallest absolute Gasteiger partial charge is 0.341 e. The molecule has 1 aromatic heterocycles. The van der Waals surface area contributed by atoms with E-state index in [2.05, 4.69) is 15.0 Å². The molecule has 0 saturated heterocycles. The number of carbonyl (C=O) groups is 2. The van der Waals surface area contributed by atoms with Crippen molar-refractivity contribution in [3.8, 4) is 22.1 Å². The topological polar surface area (TPSA) is 97.8 Å². The summed E-state index contributed by atoms with van der Waals surface area (Å²) in [4.78, 5) is 28.4. The third kappa shape index (κ3) is 3.90. The van der Waals surface area contributed by atoms with E-state index in [4.69, 9.17) is 4.74 Å². The number of ether oxygens (including phenoxy) is 2. The molecule has 7 nitrogen and oxygen atoms in total. The highest BCUT2D eigenvalue weighted by atomic mass is 32.1. The van der Waals surface area contributed by atoms with Gasteiger partial charge in [-0.1, -0.05) is 6.07 Å². The number of aromatic nitrogens is 1. The van der Waals surface area contributed by atoms with Crippen LogP contribution in [0, 0.1) is 0 Å². The van der Waals surface area contributed by atoms with Gasteiger partial charge in [0.2, 0.25) is 0 Å². The SMILES string of the molecule is COC(=O)c1cccc(NC(=O)c2csc(-c3ccc(OC)cc3)n2)c1O. The molecule has 3 rings (SSSR count). The summed E-state index contributed by atoms with van der Waals surface area (Å²) >= 11 is 1.32. The second-order valence-corrected chi connectivity index (χ2v) is 6.27. The van der Waals surface area contributed by atoms with Crippen LogP contribution >= 0.6 is 11.3 Å². The van der Waals surface area contributed by atoms with Crippen LogP contribution in [0.2, 0.25) is 0 Å². The number of phenols is 1. The van der Waals surface area contributed by atoms with E-state index in [0.29, 0.717) is 5.01 Å². The summed E-state index contributed by atoms with van der Waals surface area (Å²) in [6, 6.07) is 11.7. The maximum atomic E-state index is 12.4. The van der Waals surface area contributed by atoms with Gasteiger partial charge in [0.15, 0.2) is 5.75 Å². The summed E-state index contributed by atoms with van der Waals surface area (Å²) in [6.45, 7) is 0.